The lowest BCUT2D eigenvalue weighted by Gasteiger charge is -2.01. The molecule has 0 bridgehead atoms. The standard InChI is InChI=1S/C18H27P/c1-2-3-4-5-6-7-8-9-13-17-15-16-12-10-11-14-18(16)19-17/h10-12,14-15,19H,2-9,13H2,1H3. The van der Waals surface area contributed by atoms with Crippen LogP contribution >= 0.6 is 8.19 Å². The molecule has 0 amide bonds. The van der Waals surface area contributed by atoms with Crippen LogP contribution in [0.15, 0.2) is 30.3 Å². The molecule has 0 saturated heterocycles. The zero-order chi connectivity index (χ0) is 13.3. The summed E-state index contributed by atoms with van der Waals surface area (Å²) in [6.45, 7) is 2.29. The van der Waals surface area contributed by atoms with E-state index in [2.05, 4.69) is 37.3 Å². The molecule has 2 aromatic rings. The fourth-order valence-electron chi connectivity index (χ4n) is 2.72. The Morgan fingerprint density at radius 3 is 2.26 bits per heavy atom. The smallest absolute Gasteiger partial charge is 0.00156 e. The Bertz CT molecular complexity index is 436. The number of unbranched alkanes of at least 4 members (excludes halogenated alkanes) is 7. The van der Waals surface area contributed by atoms with E-state index in [9.17, 15) is 0 Å². The third kappa shape index (κ3) is 5.03. The maximum absolute atomic E-state index is 2.43. The second-order valence-electron chi connectivity index (χ2n) is 5.61. The molecule has 1 heteroatoms. The van der Waals surface area contributed by atoms with Gasteiger partial charge in [0, 0.05) is 0 Å². The summed E-state index contributed by atoms with van der Waals surface area (Å²) in [6, 6.07) is 11.3. The average Bonchev–Trinajstić information content (AvgIpc) is 2.84. The summed E-state index contributed by atoms with van der Waals surface area (Å²) in [7, 11) is 0.944. The highest BCUT2D eigenvalue weighted by Crippen LogP contribution is 2.31. The molecule has 0 saturated carbocycles. The third-order valence-corrected chi connectivity index (χ3v) is 5.33. The highest BCUT2D eigenvalue weighted by molar-refractivity contribution is 7.38. The minimum atomic E-state index is 0.944. The number of fused-ring (bicyclic) bond motifs is 1. The Morgan fingerprint density at radius 2 is 1.53 bits per heavy atom. The molecule has 1 aromatic carbocycles. The second-order valence-corrected chi connectivity index (χ2v) is 7.04. The van der Waals surface area contributed by atoms with Crippen LogP contribution in [0.25, 0.3) is 10.5 Å². The predicted octanol–water partition coefficient (Wildman–Crippen LogP) is 6.55. The van der Waals surface area contributed by atoms with Gasteiger partial charge in [0.15, 0.2) is 0 Å². The molecule has 0 N–H and O–H groups in total. The monoisotopic (exact) mass is 274 g/mol. The van der Waals surface area contributed by atoms with Crippen molar-refractivity contribution in [2.75, 3.05) is 0 Å². The summed E-state index contributed by atoms with van der Waals surface area (Å²) < 4.78 is 0. The van der Waals surface area contributed by atoms with E-state index in [0.717, 1.165) is 8.19 Å². The van der Waals surface area contributed by atoms with Crippen LogP contribution in [0.3, 0.4) is 0 Å². The Kier molecular flexibility index (Phi) is 6.51. The molecular formula is C18H27P. The predicted molar refractivity (Wildman–Crippen MR) is 89.8 cm³/mol. The van der Waals surface area contributed by atoms with Crippen LogP contribution in [0.5, 0.6) is 0 Å². The van der Waals surface area contributed by atoms with E-state index in [0.29, 0.717) is 0 Å². The Hall–Kier alpha value is -0.740. The highest BCUT2D eigenvalue weighted by Gasteiger charge is 1.99. The second kappa shape index (κ2) is 8.43. The van der Waals surface area contributed by atoms with Gasteiger partial charge in [0.2, 0.25) is 0 Å². The van der Waals surface area contributed by atoms with Gasteiger partial charge >= 0.3 is 0 Å². The van der Waals surface area contributed by atoms with Gasteiger partial charge in [-0.3, -0.25) is 0 Å². The molecule has 2 rings (SSSR count). The van der Waals surface area contributed by atoms with Crippen LogP contribution in [0.1, 0.15) is 63.6 Å². The first-order chi connectivity index (χ1) is 9.40. The molecule has 0 aliphatic heterocycles. The molecule has 0 spiro atoms. The number of rotatable bonds is 9. The number of benzene rings is 1. The van der Waals surface area contributed by atoms with E-state index in [-0.39, 0.29) is 0 Å². The zero-order valence-electron chi connectivity index (χ0n) is 12.3. The van der Waals surface area contributed by atoms with Gasteiger partial charge < -0.3 is 0 Å². The van der Waals surface area contributed by atoms with Crippen LogP contribution < -0.4 is 0 Å². The fourth-order valence-corrected chi connectivity index (χ4v) is 4.07. The van der Waals surface area contributed by atoms with Crippen molar-refractivity contribution < 1.29 is 0 Å². The largest absolute Gasteiger partial charge is 0.128 e. The molecule has 104 valence electrons. The first kappa shape index (κ1) is 14.7. The molecule has 1 heterocycles. The van der Waals surface area contributed by atoms with Crippen molar-refractivity contribution in [3.63, 3.8) is 0 Å². The van der Waals surface area contributed by atoms with Gasteiger partial charge in [0.1, 0.15) is 0 Å². The lowest BCUT2D eigenvalue weighted by molar-refractivity contribution is 0.576. The molecule has 0 aliphatic rings. The van der Waals surface area contributed by atoms with E-state index >= 15 is 0 Å². The lowest BCUT2D eigenvalue weighted by atomic mass is 10.1. The summed E-state index contributed by atoms with van der Waals surface area (Å²) in [6.07, 6.45) is 12.7. The minimum absolute atomic E-state index is 0.944. The van der Waals surface area contributed by atoms with Crippen molar-refractivity contribution >= 4 is 18.7 Å². The molecule has 1 unspecified atom stereocenters. The highest BCUT2D eigenvalue weighted by atomic mass is 31.0. The lowest BCUT2D eigenvalue weighted by Crippen LogP contribution is -1.83. The van der Waals surface area contributed by atoms with E-state index < -0.39 is 0 Å². The van der Waals surface area contributed by atoms with Crippen LogP contribution in [-0.2, 0) is 6.42 Å². The normalized spacial score (nSPS) is 11.6. The van der Waals surface area contributed by atoms with Gasteiger partial charge in [0.25, 0.3) is 0 Å². The first-order valence-corrected chi connectivity index (χ1v) is 8.97. The molecule has 19 heavy (non-hydrogen) atoms. The average molecular weight is 274 g/mol. The van der Waals surface area contributed by atoms with Crippen molar-refractivity contribution in [2.24, 2.45) is 0 Å². The topological polar surface area (TPSA) is 0 Å². The number of hydrogen-bond donors (Lipinski definition) is 0. The summed E-state index contributed by atoms with van der Waals surface area (Å²) in [4.78, 5) is 0. The van der Waals surface area contributed by atoms with E-state index in [1.807, 2.05) is 0 Å². The van der Waals surface area contributed by atoms with Crippen LogP contribution in [-0.4, -0.2) is 0 Å². The van der Waals surface area contributed by atoms with Gasteiger partial charge in [-0.1, -0.05) is 76.1 Å². The Labute approximate surface area is 119 Å². The van der Waals surface area contributed by atoms with Gasteiger partial charge in [-0.25, -0.2) is 0 Å². The fraction of sp³-hybridized carbons (Fsp3) is 0.556. The maximum Gasteiger partial charge on any atom is -0.00156 e. The van der Waals surface area contributed by atoms with Crippen LogP contribution in [0.2, 0.25) is 0 Å². The van der Waals surface area contributed by atoms with Gasteiger partial charge in [-0.15, -0.1) is 8.19 Å². The molecule has 0 aliphatic carbocycles. The number of aryl methyl sites for hydroxylation is 1. The molecule has 0 radical (unpaired) electrons. The maximum atomic E-state index is 2.43. The molecule has 0 nitrogen and oxygen atoms in total. The van der Waals surface area contributed by atoms with E-state index in [1.165, 1.54) is 63.2 Å². The van der Waals surface area contributed by atoms with Crippen molar-refractivity contribution in [3.05, 3.63) is 35.6 Å². The van der Waals surface area contributed by atoms with Crippen LogP contribution in [0.4, 0.5) is 0 Å². The summed E-state index contributed by atoms with van der Waals surface area (Å²) >= 11 is 0. The Balaban J connectivity index is 1.60. The summed E-state index contributed by atoms with van der Waals surface area (Å²) in [5, 5.41) is 4.69. The van der Waals surface area contributed by atoms with Crippen molar-refractivity contribution in [1.82, 2.24) is 0 Å². The first-order valence-electron chi connectivity index (χ1n) is 7.97. The quantitative estimate of drug-likeness (QED) is 0.454. The van der Waals surface area contributed by atoms with Gasteiger partial charge in [0.05, 0.1) is 0 Å². The summed E-state index contributed by atoms with van der Waals surface area (Å²) in [5.74, 6) is 0. The van der Waals surface area contributed by atoms with Crippen LogP contribution in [0, 0.1) is 0 Å². The Morgan fingerprint density at radius 1 is 0.842 bits per heavy atom. The van der Waals surface area contributed by atoms with E-state index in [1.54, 1.807) is 10.4 Å². The SMILES string of the molecule is CCCCCCCCCCc1cc2ccccc2[pH]1. The summed E-state index contributed by atoms with van der Waals surface area (Å²) in [5.41, 5.74) is 0. The minimum Gasteiger partial charge on any atom is -0.128 e. The van der Waals surface area contributed by atoms with Crippen molar-refractivity contribution in [2.45, 2.75) is 64.7 Å². The third-order valence-electron chi connectivity index (χ3n) is 3.89. The molecule has 0 fully saturated rings. The van der Waals surface area contributed by atoms with E-state index in [4.69, 9.17) is 0 Å². The van der Waals surface area contributed by atoms with Gasteiger partial charge in [-0.2, -0.15) is 0 Å². The number of hydrogen-bond acceptors (Lipinski definition) is 0. The van der Waals surface area contributed by atoms with Crippen molar-refractivity contribution in [1.29, 1.82) is 0 Å². The molecule has 1 aromatic heterocycles. The zero-order valence-corrected chi connectivity index (χ0v) is 13.3. The van der Waals surface area contributed by atoms with Crippen molar-refractivity contribution in [3.8, 4) is 0 Å². The molecular weight excluding hydrogens is 247 g/mol. The molecule has 1 atom stereocenters. The van der Waals surface area contributed by atoms with Gasteiger partial charge in [-0.05, 0) is 34.7 Å².